The molecular formula is C11H10FN5O4. The summed E-state index contributed by atoms with van der Waals surface area (Å²) >= 11 is 0. The van der Waals surface area contributed by atoms with Gasteiger partial charge in [0, 0.05) is 5.56 Å². The molecule has 10 heteroatoms. The minimum atomic E-state index is -0.926. The van der Waals surface area contributed by atoms with E-state index in [4.69, 9.17) is 15.2 Å². The quantitative estimate of drug-likeness (QED) is 0.665. The van der Waals surface area contributed by atoms with Gasteiger partial charge in [0.05, 0.1) is 18.1 Å². The first kappa shape index (κ1) is 14.4. The van der Waals surface area contributed by atoms with Crippen LogP contribution in [0.3, 0.4) is 0 Å². The molecule has 0 unspecified atom stereocenters. The number of ether oxygens (including phenoxy) is 2. The van der Waals surface area contributed by atoms with Crippen molar-refractivity contribution >= 4 is 11.6 Å². The number of nitrogens with two attached hydrogens (primary N) is 1. The van der Waals surface area contributed by atoms with Crippen LogP contribution >= 0.6 is 0 Å². The number of hydrogen-bond donors (Lipinski definition) is 1. The molecule has 0 fully saturated rings. The average Bonchev–Trinajstić information content (AvgIpc) is 2.41. The van der Waals surface area contributed by atoms with Crippen LogP contribution in [0.4, 0.5) is 16.0 Å². The van der Waals surface area contributed by atoms with E-state index < -0.39 is 10.7 Å². The molecule has 110 valence electrons. The van der Waals surface area contributed by atoms with Gasteiger partial charge in [-0.1, -0.05) is 0 Å². The van der Waals surface area contributed by atoms with Crippen LogP contribution in [-0.4, -0.2) is 27.0 Å². The van der Waals surface area contributed by atoms with E-state index in [2.05, 4.69) is 15.0 Å². The SMILES string of the molecule is COc1nc(N)nc(Oc2cc(C)c([N+](=O)[O-])cc2F)n1. The standard InChI is InChI=1S/C11H10FN5O4/c1-5-3-8(6(12)4-7(5)17(18)19)21-11-15-9(13)14-10(16-11)20-2/h3-4H,1-2H3,(H2,13,14,15,16). The van der Waals surface area contributed by atoms with Crippen LogP contribution < -0.4 is 15.2 Å². The Morgan fingerprint density at radius 1 is 1.29 bits per heavy atom. The number of aromatic nitrogens is 3. The molecule has 1 aromatic carbocycles. The van der Waals surface area contributed by atoms with Crippen molar-refractivity contribution in [2.45, 2.75) is 6.92 Å². The van der Waals surface area contributed by atoms with Gasteiger partial charge < -0.3 is 15.2 Å². The number of hydrogen-bond acceptors (Lipinski definition) is 8. The average molecular weight is 295 g/mol. The van der Waals surface area contributed by atoms with Crippen LogP contribution in [0.25, 0.3) is 0 Å². The molecule has 21 heavy (non-hydrogen) atoms. The second-order valence-electron chi connectivity index (χ2n) is 3.89. The predicted molar refractivity (Wildman–Crippen MR) is 68.7 cm³/mol. The fraction of sp³-hybridized carbons (Fsp3) is 0.182. The maximum Gasteiger partial charge on any atom is 0.330 e. The van der Waals surface area contributed by atoms with E-state index in [-0.39, 0.29) is 35.0 Å². The van der Waals surface area contributed by atoms with Gasteiger partial charge in [0.15, 0.2) is 11.6 Å². The number of aryl methyl sites for hydroxylation is 1. The molecule has 0 saturated heterocycles. The lowest BCUT2D eigenvalue weighted by Gasteiger charge is -2.07. The molecule has 0 atom stereocenters. The summed E-state index contributed by atoms with van der Waals surface area (Å²) in [7, 11) is 1.31. The molecule has 0 bridgehead atoms. The summed E-state index contributed by atoms with van der Waals surface area (Å²) in [6.07, 6.45) is 0. The maximum absolute atomic E-state index is 13.8. The van der Waals surface area contributed by atoms with E-state index in [1.165, 1.54) is 20.1 Å². The Labute approximate surface area is 117 Å². The summed E-state index contributed by atoms with van der Waals surface area (Å²) in [4.78, 5) is 21.0. The fourth-order valence-electron chi connectivity index (χ4n) is 1.51. The molecule has 0 radical (unpaired) electrons. The molecule has 0 aliphatic rings. The molecule has 2 rings (SSSR count). The molecule has 0 aliphatic heterocycles. The molecule has 2 N–H and O–H groups in total. The van der Waals surface area contributed by atoms with Gasteiger partial charge in [-0.25, -0.2) is 4.39 Å². The van der Waals surface area contributed by atoms with Crippen molar-refractivity contribution in [3.05, 3.63) is 33.6 Å². The lowest BCUT2D eigenvalue weighted by atomic mass is 10.2. The van der Waals surface area contributed by atoms with Crippen LogP contribution in [0.15, 0.2) is 12.1 Å². The third-order valence-electron chi connectivity index (χ3n) is 2.44. The number of nitrogen functional groups attached to an aromatic ring is 1. The highest BCUT2D eigenvalue weighted by atomic mass is 19.1. The molecule has 2 aromatic rings. The maximum atomic E-state index is 13.8. The Kier molecular flexibility index (Phi) is 3.78. The summed E-state index contributed by atoms with van der Waals surface area (Å²) in [6.45, 7) is 1.45. The number of anilines is 1. The number of rotatable bonds is 4. The van der Waals surface area contributed by atoms with Crippen molar-refractivity contribution < 1.29 is 18.8 Å². The minimum Gasteiger partial charge on any atom is -0.467 e. The predicted octanol–water partition coefficient (Wildman–Crippen LogP) is 1.61. The Hall–Kier alpha value is -3.04. The third kappa shape index (κ3) is 3.11. The molecule has 1 heterocycles. The van der Waals surface area contributed by atoms with Gasteiger partial charge in [-0.2, -0.15) is 9.97 Å². The Bertz CT molecular complexity index is 709. The lowest BCUT2D eigenvalue weighted by Crippen LogP contribution is -2.04. The topological polar surface area (TPSA) is 126 Å². The normalized spacial score (nSPS) is 10.2. The molecule has 1 aromatic heterocycles. The van der Waals surface area contributed by atoms with Crippen molar-refractivity contribution in [2.24, 2.45) is 0 Å². The second-order valence-corrected chi connectivity index (χ2v) is 3.89. The van der Waals surface area contributed by atoms with Crippen molar-refractivity contribution in [1.29, 1.82) is 0 Å². The number of methoxy groups -OCH3 is 1. The van der Waals surface area contributed by atoms with Crippen molar-refractivity contribution in [3.8, 4) is 17.8 Å². The summed E-state index contributed by atoms with van der Waals surface area (Å²) in [5, 5.41) is 10.7. The van der Waals surface area contributed by atoms with Crippen molar-refractivity contribution in [2.75, 3.05) is 12.8 Å². The molecule has 9 nitrogen and oxygen atoms in total. The van der Waals surface area contributed by atoms with Gasteiger partial charge in [0.25, 0.3) is 5.69 Å². The van der Waals surface area contributed by atoms with Crippen LogP contribution in [0.5, 0.6) is 17.8 Å². The largest absolute Gasteiger partial charge is 0.467 e. The first-order chi connectivity index (χ1) is 9.90. The van der Waals surface area contributed by atoms with E-state index in [0.29, 0.717) is 0 Å². The highest BCUT2D eigenvalue weighted by Crippen LogP contribution is 2.29. The third-order valence-corrected chi connectivity index (χ3v) is 2.44. The molecule has 0 spiro atoms. The van der Waals surface area contributed by atoms with E-state index in [0.717, 1.165) is 6.07 Å². The van der Waals surface area contributed by atoms with Crippen LogP contribution in [-0.2, 0) is 0 Å². The summed E-state index contributed by atoms with van der Waals surface area (Å²) in [6, 6.07) is 1.54. The van der Waals surface area contributed by atoms with E-state index in [1.807, 2.05) is 0 Å². The zero-order chi connectivity index (χ0) is 15.6. The number of halogens is 1. The van der Waals surface area contributed by atoms with Gasteiger partial charge in [0.1, 0.15) is 0 Å². The van der Waals surface area contributed by atoms with Crippen molar-refractivity contribution in [1.82, 2.24) is 15.0 Å². The van der Waals surface area contributed by atoms with Crippen LogP contribution in [0.2, 0.25) is 0 Å². The molecule has 0 aliphatic carbocycles. The monoisotopic (exact) mass is 295 g/mol. The van der Waals surface area contributed by atoms with E-state index in [1.54, 1.807) is 0 Å². The van der Waals surface area contributed by atoms with Gasteiger partial charge in [-0.3, -0.25) is 10.1 Å². The Balaban J connectivity index is 2.38. The van der Waals surface area contributed by atoms with Crippen LogP contribution in [0, 0.1) is 22.9 Å². The molecular weight excluding hydrogens is 285 g/mol. The van der Waals surface area contributed by atoms with Gasteiger partial charge in [-0.15, -0.1) is 4.98 Å². The first-order valence-electron chi connectivity index (χ1n) is 5.58. The number of benzene rings is 1. The van der Waals surface area contributed by atoms with E-state index >= 15 is 0 Å². The number of nitrogens with zero attached hydrogens (tertiary/aromatic N) is 4. The highest BCUT2D eigenvalue weighted by Gasteiger charge is 2.18. The first-order valence-corrected chi connectivity index (χ1v) is 5.58. The van der Waals surface area contributed by atoms with Crippen LogP contribution in [0.1, 0.15) is 5.56 Å². The Morgan fingerprint density at radius 3 is 2.57 bits per heavy atom. The van der Waals surface area contributed by atoms with E-state index in [9.17, 15) is 14.5 Å². The highest BCUT2D eigenvalue weighted by molar-refractivity contribution is 5.46. The summed E-state index contributed by atoms with van der Waals surface area (Å²) < 4.78 is 23.7. The smallest absolute Gasteiger partial charge is 0.330 e. The van der Waals surface area contributed by atoms with Gasteiger partial charge in [-0.05, 0) is 13.0 Å². The summed E-state index contributed by atoms with van der Waals surface area (Å²) in [5.41, 5.74) is 5.29. The second kappa shape index (κ2) is 5.53. The zero-order valence-corrected chi connectivity index (χ0v) is 11.0. The van der Waals surface area contributed by atoms with Crippen molar-refractivity contribution in [3.63, 3.8) is 0 Å². The van der Waals surface area contributed by atoms with Gasteiger partial charge >= 0.3 is 12.0 Å². The summed E-state index contributed by atoms with van der Waals surface area (Å²) in [5.74, 6) is -1.37. The Morgan fingerprint density at radius 2 is 1.95 bits per heavy atom. The number of nitro groups is 1. The minimum absolute atomic E-state index is 0.100. The van der Waals surface area contributed by atoms with Gasteiger partial charge in [0.2, 0.25) is 5.95 Å². The molecule has 0 amide bonds. The molecule has 0 saturated carbocycles. The zero-order valence-electron chi connectivity index (χ0n) is 11.0. The number of nitro benzene ring substituents is 1. The lowest BCUT2D eigenvalue weighted by molar-refractivity contribution is -0.385. The fourth-order valence-corrected chi connectivity index (χ4v) is 1.51.